The summed E-state index contributed by atoms with van der Waals surface area (Å²) in [6.07, 6.45) is 6.54. The molecular weight excluding hydrogens is 548 g/mol. The highest BCUT2D eigenvalue weighted by Gasteiger charge is 2.34. The number of aryl methyl sites for hydroxylation is 1. The number of carbonyl (C=O) groups excluding carboxylic acids is 2. The van der Waals surface area contributed by atoms with Crippen LogP contribution in [0.1, 0.15) is 46.8 Å². The van der Waals surface area contributed by atoms with E-state index in [9.17, 15) is 9.59 Å². The van der Waals surface area contributed by atoms with Gasteiger partial charge in [0.05, 0.1) is 24.1 Å². The molecule has 13 heteroatoms. The van der Waals surface area contributed by atoms with E-state index in [4.69, 9.17) is 15.6 Å². The summed E-state index contributed by atoms with van der Waals surface area (Å²) >= 11 is 0. The van der Waals surface area contributed by atoms with Gasteiger partial charge in [-0.2, -0.15) is 14.9 Å². The van der Waals surface area contributed by atoms with Gasteiger partial charge in [0.1, 0.15) is 36.2 Å². The van der Waals surface area contributed by atoms with Gasteiger partial charge >= 0.3 is 6.03 Å². The molecule has 2 aromatic carbocycles. The van der Waals surface area contributed by atoms with Gasteiger partial charge in [0.15, 0.2) is 5.65 Å². The van der Waals surface area contributed by atoms with Crippen molar-refractivity contribution in [1.29, 1.82) is 0 Å². The summed E-state index contributed by atoms with van der Waals surface area (Å²) in [4.78, 5) is 40.0. The number of amides is 2. The number of rotatable bonds is 7. The minimum absolute atomic E-state index is 0.0119. The van der Waals surface area contributed by atoms with Gasteiger partial charge in [-0.05, 0) is 43.9 Å². The number of fused-ring (bicyclic) bond motifs is 1. The minimum atomic E-state index is -0.227. The lowest BCUT2D eigenvalue weighted by molar-refractivity contribution is 0.0947. The lowest BCUT2D eigenvalue weighted by Gasteiger charge is -2.24. The molecule has 3 heterocycles. The molecule has 0 bridgehead atoms. The average Bonchev–Trinajstić information content (AvgIpc) is 3.80. The number of ether oxygens (including phenoxy) is 1. The Balaban J connectivity index is 1.20. The van der Waals surface area contributed by atoms with Crippen LogP contribution in [0.25, 0.3) is 22.3 Å². The Morgan fingerprint density at radius 3 is 2.67 bits per heavy atom. The Bertz CT molecular complexity index is 1780. The first-order chi connectivity index (χ1) is 20.8. The summed E-state index contributed by atoms with van der Waals surface area (Å²) in [5.41, 5.74) is 10.9. The third-order valence-electron chi connectivity index (χ3n) is 7.99. The number of carbonyl (C=O) groups is 2. The Labute approximate surface area is 247 Å². The number of nitrogens with zero attached hydrogens (tertiary/aromatic N) is 8. The van der Waals surface area contributed by atoms with Crippen molar-refractivity contribution >= 4 is 28.8 Å². The van der Waals surface area contributed by atoms with E-state index in [-0.39, 0.29) is 24.0 Å². The van der Waals surface area contributed by atoms with Gasteiger partial charge in [0.25, 0.3) is 5.91 Å². The maximum absolute atomic E-state index is 12.9. The zero-order valence-electron chi connectivity index (χ0n) is 24.1. The van der Waals surface area contributed by atoms with E-state index in [1.165, 1.54) is 23.7 Å². The molecule has 43 heavy (non-hydrogen) atoms. The van der Waals surface area contributed by atoms with Crippen molar-refractivity contribution in [2.75, 3.05) is 19.9 Å². The minimum Gasteiger partial charge on any atom is -0.496 e. The summed E-state index contributed by atoms with van der Waals surface area (Å²) in [5.74, 6) is 0.674. The van der Waals surface area contributed by atoms with Gasteiger partial charge in [-0.25, -0.2) is 24.4 Å². The maximum Gasteiger partial charge on any atom is 0.346 e. The quantitative estimate of drug-likeness (QED) is 0.293. The van der Waals surface area contributed by atoms with Crippen LogP contribution in [-0.2, 0) is 6.54 Å². The van der Waals surface area contributed by atoms with Gasteiger partial charge in [-0.1, -0.05) is 35.9 Å². The monoisotopic (exact) mass is 580 g/mol. The third kappa shape index (κ3) is 5.36. The molecular formula is C30H32N10O3. The number of nitrogens with two attached hydrogens (primary N) is 1. The molecule has 1 aliphatic rings. The summed E-state index contributed by atoms with van der Waals surface area (Å²) in [6, 6.07) is 13.1. The molecule has 3 aromatic heterocycles. The molecule has 0 saturated heterocycles. The maximum atomic E-state index is 12.9. The molecule has 13 nitrogen and oxygen atoms in total. The normalized spacial score (nSPS) is 16.3. The number of hydrogen-bond donors (Lipinski definition) is 2. The van der Waals surface area contributed by atoms with Crippen molar-refractivity contribution in [2.24, 2.45) is 0 Å². The Morgan fingerprint density at radius 2 is 1.93 bits per heavy atom. The molecule has 2 unspecified atom stereocenters. The number of benzene rings is 2. The smallest absolute Gasteiger partial charge is 0.346 e. The first-order valence-corrected chi connectivity index (χ1v) is 14.0. The van der Waals surface area contributed by atoms with Crippen LogP contribution in [0.3, 0.4) is 0 Å². The predicted molar refractivity (Wildman–Crippen MR) is 159 cm³/mol. The fraction of sp³-hybridized carbons (Fsp3) is 0.300. The summed E-state index contributed by atoms with van der Waals surface area (Å²) in [5, 5.41) is 12.6. The van der Waals surface area contributed by atoms with E-state index in [0.717, 1.165) is 29.5 Å². The fourth-order valence-corrected chi connectivity index (χ4v) is 5.64. The average molecular weight is 581 g/mol. The molecule has 5 aromatic rings. The van der Waals surface area contributed by atoms with Gasteiger partial charge in [-0.15, -0.1) is 0 Å². The zero-order chi connectivity index (χ0) is 30.1. The van der Waals surface area contributed by atoms with Gasteiger partial charge in [0, 0.05) is 25.2 Å². The standard InChI is InChI=1S/C30H32N10O3/c1-18-4-11-24(43-3)23(12-18)29(41)33-14-19-5-7-20(8-6-19)26-25-27(31)34-16-35-28(25)40(37-26)22-10-9-21(13-22)38(2)30(42)39-17-32-15-36-39/h4-8,11-12,15-17,21-22H,9-10,13-14H2,1-3H3,(H,33,41)(H2,31,34,35). The van der Waals surface area contributed by atoms with Gasteiger partial charge in [0.2, 0.25) is 0 Å². The van der Waals surface area contributed by atoms with E-state index in [1.807, 2.05) is 48.0 Å². The van der Waals surface area contributed by atoms with E-state index in [0.29, 0.717) is 46.8 Å². The van der Waals surface area contributed by atoms with Crippen LogP contribution in [0.15, 0.2) is 61.4 Å². The van der Waals surface area contributed by atoms with Crippen LogP contribution in [0, 0.1) is 6.92 Å². The highest BCUT2D eigenvalue weighted by atomic mass is 16.5. The van der Waals surface area contributed by atoms with Crippen LogP contribution in [0.5, 0.6) is 5.75 Å². The van der Waals surface area contributed by atoms with Crippen LogP contribution in [0.2, 0.25) is 0 Å². The molecule has 1 fully saturated rings. The second-order valence-electron chi connectivity index (χ2n) is 10.7. The first kappa shape index (κ1) is 27.8. The Morgan fingerprint density at radius 1 is 1.12 bits per heavy atom. The molecule has 6 rings (SSSR count). The summed E-state index contributed by atoms with van der Waals surface area (Å²) in [7, 11) is 3.33. The van der Waals surface area contributed by atoms with Crippen molar-refractivity contribution in [3.8, 4) is 17.0 Å². The first-order valence-electron chi connectivity index (χ1n) is 14.0. The molecule has 1 saturated carbocycles. The second kappa shape index (κ2) is 11.5. The van der Waals surface area contributed by atoms with Crippen molar-refractivity contribution in [3.63, 3.8) is 0 Å². The lowest BCUT2D eigenvalue weighted by atomic mass is 10.1. The predicted octanol–water partition coefficient (Wildman–Crippen LogP) is 3.61. The second-order valence-corrected chi connectivity index (χ2v) is 10.7. The highest BCUT2D eigenvalue weighted by molar-refractivity contribution is 5.98. The van der Waals surface area contributed by atoms with E-state index >= 15 is 0 Å². The Hall–Kier alpha value is -5.33. The molecule has 0 spiro atoms. The molecule has 2 amide bonds. The van der Waals surface area contributed by atoms with Crippen LogP contribution >= 0.6 is 0 Å². The van der Waals surface area contributed by atoms with E-state index in [2.05, 4.69) is 25.4 Å². The highest BCUT2D eigenvalue weighted by Crippen LogP contribution is 2.38. The topological polar surface area (TPSA) is 159 Å². The number of hydrogen-bond acceptors (Lipinski definition) is 9. The van der Waals surface area contributed by atoms with E-state index < -0.39 is 0 Å². The Kier molecular flexibility index (Phi) is 7.45. The molecule has 0 aliphatic heterocycles. The molecule has 220 valence electrons. The SMILES string of the molecule is COc1ccc(C)cc1C(=O)NCc1ccc(-c2nn(C3CCC(N(C)C(=O)n4cncn4)C3)c3ncnc(N)c23)cc1. The molecule has 0 radical (unpaired) electrons. The number of methoxy groups -OCH3 is 1. The summed E-state index contributed by atoms with van der Waals surface area (Å²) < 4.78 is 8.50. The molecule has 1 aliphatic carbocycles. The van der Waals surface area contributed by atoms with Gasteiger partial charge < -0.3 is 20.7 Å². The molecule has 2 atom stereocenters. The fourth-order valence-electron chi connectivity index (χ4n) is 5.64. The van der Waals surface area contributed by atoms with E-state index in [1.54, 1.807) is 25.1 Å². The zero-order valence-corrected chi connectivity index (χ0v) is 24.1. The lowest BCUT2D eigenvalue weighted by Crippen LogP contribution is -2.38. The number of nitrogen functional groups attached to an aromatic ring is 1. The van der Waals surface area contributed by atoms with Crippen molar-refractivity contribution < 1.29 is 14.3 Å². The van der Waals surface area contributed by atoms with Crippen molar-refractivity contribution in [2.45, 2.75) is 44.8 Å². The summed E-state index contributed by atoms with van der Waals surface area (Å²) in [6.45, 7) is 2.28. The largest absolute Gasteiger partial charge is 0.496 e. The van der Waals surface area contributed by atoms with Crippen LogP contribution in [0.4, 0.5) is 10.6 Å². The number of anilines is 1. The van der Waals surface area contributed by atoms with Gasteiger partial charge in [-0.3, -0.25) is 4.79 Å². The molecule has 3 N–H and O–H groups in total. The number of aromatic nitrogens is 7. The van der Waals surface area contributed by atoms with Crippen molar-refractivity contribution in [1.82, 2.24) is 44.7 Å². The van der Waals surface area contributed by atoms with Crippen LogP contribution < -0.4 is 15.8 Å². The van der Waals surface area contributed by atoms with Crippen molar-refractivity contribution in [3.05, 3.63) is 78.1 Å². The number of nitrogens with one attached hydrogen (secondary N) is 1. The van der Waals surface area contributed by atoms with Crippen LogP contribution in [-0.4, -0.2) is 71.6 Å². The third-order valence-corrected chi connectivity index (χ3v) is 7.99.